The molecule has 0 unspecified atom stereocenters. The number of rotatable bonds is 9. The van der Waals surface area contributed by atoms with Gasteiger partial charge in [0.1, 0.15) is 12.4 Å². The Morgan fingerprint density at radius 3 is 2.20 bits per heavy atom. The second kappa shape index (κ2) is 9.69. The molecule has 0 saturated heterocycles. The number of aromatic nitrogens is 2. The Bertz CT molecular complexity index is 1060. The van der Waals surface area contributed by atoms with Crippen LogP contribution in [0, 0.1) is 13.8 Å². The molecule has 0 radical (unpaired) electrons. The van der Waals surface area contributed by atoms with E-state index in [1.807, 2.05) is 51.1 Å². The number of nitrogens with one attached hydrogen (secondary N) is 1. The second-order valence-electron chi connectivity index (χ2n) is 6.78. The Balaban J connectivity index is 1.52. The third-order valence-electron chi connectivity index (χ3n) is 4.25. The molecule has 1 heterocycles. The van der Waals surface area contributed by atoms with Crippen molar-refractivity contribution in [2.45, 2.75) is 25.7 Å². The fraction of sp³-hybridized carbons (Fsp3) is 0.273. The van der Waals surface area contributed by atoms with Crippen LogP contribution in [0.4, 0.5) is 0 Å². The maximum atomic E-state index is 12.4. The third-order valence-corrected chi connectivity index (χ3v) is 5.69. The molecule has 30 heavy (non-hydrogen) atoms. The Kier molecular flexibility index (Phi) is 7.02. The highest BCUT2D eigenvalue weighted by atomic mass is 32.2. The lowest BCUT2D eigenvalue weighted by Crippen LogP contribution is -2.28. The lowest BCUT2D eigenvalue weighted by atomic mass is 10.1. The van der Waals surface area contributed by atoms with Crippen molar-refractivity contribution in [2.24, 2.45) is 0 Å². The molecule has 0 aliphatic carbocycles. The fourth-order valence-electron chi connectivity index (χ4n) is 2.94. The highest BCUT2D eigenvalue weighted by Crippen LogP contribution is 2.21. The monoisotopic (exact) mass is 427 g/mol. The first-order chi connectivity index (χ1) is 14.4. The van der Waals surface area contributed by atoms with Gasteiger partial charge in [0.05, 0.1) is 17.2 Å². The van der Waals surface area contributed by atoms with Crippen molar-refractivity contribution in [2.75, 3.05) is 19.8 Å². The van der Waals surface area contributed by atoms with E-state index in [-0.39, 0.29) is 18.0 Å². The van der Waals surface area contributed by atoms with Crippen molar-refractivity contribution in [1.82, 2.24) is 14.9 Å². The minimum atomic E-state index is -3.59. The van der Waals surface area contributed by atoms with E-state index >= 15 is 0 Å². The van der Waals surface area contributed by atoms with Crippen LogP contribution in [0.1, 0.15) is 18.1 Å². The zero-order valence-electron chi connectivity index (χ0n) is 17.3. The van der Waals surface area contributed by atoms with E-state index < -0.39 is 10.0 Å². The SMILES string of the molecule is CCOc1ccc(-c2ccc(OCCNS(=O)(=O)c3cc(C)cc(C)c3)nn2)cc1. The van der Waals surface area contributed by atoms with Gasteiger partial charge >= 0.3 is 0 Å². The van der Waals surface area contributed by atoms with Crippen molar-refractivity contribution in [3.63, 3.8) is 0 Å². The first kappa shape index (κ1) is 21.7. The van der Waals surface area contributed by atoms with Gasteiger partial charge in [0.15, 0.2) is 0 Å². The summed E-state index contributed by atoms with van der Waals surface area (Å²) in [6.07, 6.45) is 0. The number of sulfonamides is 1. The molecule has 0 aliphatic heterocycles. The van der Waals surface area contributed by atoms with Gasteiger partial charge in [-0.15, -0.1) is 10.2 Å². The van der Waals surface area contributed by atoms with Gasteiger partial charge in [-0.25, -0.2) is 13.1 Å². The van der Waals surface area contributed by atoms with Gasteiger partial charge < -0.3 is 9.47 Å². The molecule has 158 valence electrons. The summed E-state index contributed by atoms with van der Waals surface area (Å²) in [5, 5.41) is 8.21. The minimum absolute atomic E-state index is 0.123. The summed E-state index contributed by atoms with van der Waals surface area (Å²) in [6.45, 7) is 6.55. The lowest BCUT2D eigenvalue weighted by Gasteiger charge is -2.09. The molecule has 0 spiro atoms. The zero-order chi connectivity index (χ0) is 21.6. The van der Waals surface area contributed by atoms with Crippen LogP contribution in [0.2, 0.25) is 0 Å². The quantitative estimate of drug-likeness (QED) is 0.526. The van der Waals surface area contributed by atoms with Gasteiger partial charge in [-0.2, -0.15) is 0 Å². The van der Waals surface area contributed by atoms with E-state index in [2.05, 4.69) is 14.9 Å². The number of hydrogen-bond acceptors (Lipinski definition) is 6. The summed E-state index contributed by atoms with van der Waals surface area (Å²) in [4.78, 5) is 0.250. The average molecular weight is 428 g/mol. The predicted molar refractivity (Wildman–Crippen MR) is 115 cm³/mol. The first-order valence-electron chi connectivity index (χ1n) is 9.65. The highest BCUT2D eigenvalue weighted by Gasteiger charge is 2.14. The number of aryl methyl sites for hydroxylation is 2. The van der Waals surface area contributed by atoms with Gasteiger partial charge in [-0.05, 0) is 74.4 Å². The molecule has 0 fully saturated rings. The van der Waals surface area contributed by atoms with E-state index in [0.717, 1.165) is 22.4 Å². The normalized spacial score (nSPS) is 11.3. The molecule has 0 saturated carbocycles. The van der Waals surface area contributed by atoms with E-state index in [9.17, 15) is 8.42 Å². The van der Waals surface area contributed by atoms with Gasteiger partial charge in [0.2, 0.25) is 15.9 Å². The minimum Gasteiger partial charge on any atom is -0.494 e. The van der Waals surface area contributed by atoms with E-state index in [1.54, 1.807) is 24.3 Å². The van der Waals surface area contributed by atoms with Crippen molar-refractivity contribution in [3.05, 3.63) is 65.7 Å². The third kappa shape index (κ3) is 5.77. The Labute approximate surface area is 177 Å². The second-order valence-corrected chi connectivity index (χ2v) is 8.55. The fourth-order valence-corrected chi connectivity index (χ4v) is 4.14. The standard InChI is InChI=1S/C22H25N3O4S/c1-4-28-19-7-5-18(6-8-19)21-9-10-22(25-24-21)29-12-11-23-30(26,27)20-14-16(2)13-17(3)15-20/h5-10,13-15,23H,4,11-12H2,1-3H3. The van der Waals surface area contributed by atoms with E-state index in [0.29, 0.717) is 18.2 Å². The number of hydrogen-bond donors (Lipinski definition) is 1. The van der Waals surface area contributed by atoms with Gasteiger partial charge in [0, 0.05) is 18.2 Å². The van der Waals surface area contributed by atoms with Crippen LogP contribution in [0.15, 0.2) is 59.5 Å². The molecule has 3 aromatic rings. The van der Waals surface area contributed by atoms with Crippen LogP contribution in [0.25, 0.3) is 11.3 Å². The van der Waals surface area contributed by atoms with Gasteiger partial charge in [-0.1, -0.05) is 6.07 Å². The van der Waals surface area contributed by atoms with Crippen LogP contribution >= 0.6 is 0 Å². The number of benzene rings is 2. The molecule has 0 atom stereocenters. The Morgan fingerprint density at radius 1 is 0.900 bits per heavy atom. The van der Waals surface area contributed by atoms with E-state index in [4.69, 9.17) is 9.47 Å². The summed E-state index contributed by atoms with van der Waals surface area (Å²) in [5.74, 6) is 1.13. The molecule has 8 heteroatoms. The molecule has 1 N–H and O–H groups in total. The summed E-state index contributed by atoms with van der Waals surface area (Å²) < 4.78 is 38.3. The molecule has 3 rings (SSSR count). The lowest BCUT2D eigenvalue weighted by molar-refractivity contribution is 0.307. The summed E-state index contributed by atoms with van der Waals surface area (Å²) >= 11 is 0. The Hall–Kier alpha value is -2.97. The largest absolute Gasteiger partial charge is 0.494 e. The molecule has 0 amide bonds. The van der Waals surface area contributed by atoms with Crippen LogP contribution in [0.3, 0.4) is 0 Å². The van der Waals surface area contributed by atoms with Crippen LogP contribution in [-0.4, -0.2) is 38.4 Å². The molecule has 0 aliphatic rings. The highest BCUT2D eigenvalue weighted by molar-refractivity contribution is 7.89. The maximum Gasteiger partial charge on any atom is 0.240 e. The topological polar surface area (TPSA) is 90.4 Å². The van der Waals surface area contributed by atoms with Crippen molar-refractivity contribution < 1.29 is 17.9 Å². The molecule has 2 aromatic carbocycles. The van der Waals surface area contributed by atoms with Crippen molar-refractivity contribution in [3.8, 4) is 22.9 Å². The smallest absolute Gasteiger partial charge is 0.240 e. The molecule has 0 bridgehead atoms. The average Bonchev–Trinajstić information content (AvgIpc) is 2.72. The van der Waals surface area contributed by atoms with Crippen LogP contribution in [0.5, 0.6) is 11.6 Å². The number of nitrogens with zero attached hydrogens (tertiary/aromatic N) is 2. The van der Waals surface area contributed by atoms with Gasteiger partial charge in [0.25, 0.3) is 0 Å². The molecule has 7 nitrogen and oxygen atoms in total. The summed E-state index contributed by atoms with van der Waals surface area (Å²) in [5.41, 5.74) is 3.42. The number of ether oxygens (including phenoxy) is 2. The van der Waals surface area contributed by atoms with Crippen molar-refractivity contribution in [1.29, 1.82) is 0 Å². The molecule has 1 aromatic heterocycles. The predicted octanol–water partition coefficient (Wildman–Crippen LogP) is 3.52. The zero-order valence-corrected chi connectivity index (χ0v) is 18.1. The van der Waals surface area contributed by atoms with Crippen molar-refractivity contribution >= 4 is 10.0 Å². The summed E-state index contributed by atoms with van der Waals surface area (Å²) in [7, 11) is -3.59. The van der Waals surface area contributed by atoms with Gasteiger partial charge in [-0.3, -0.25) is 0 Å². The molecular weight excluding hydrogens is 402 g/mol. The van der Waals surface area contributed by atoms with Crippen LogP contribution in [-0.2, 0) is 10.0 Å². The summed E-state index contributed by atoms with van der Waals surface area (Å²) in [6, 6.07) is 16.3. The van der Waals surface area contributed by atoms with Crippen LogP contribution < -0.4 is 14.2 Å². The van der Waals surface area contributed by atoms with E-state index in [1.165, 1.54) is 0 Å². The Morgan fingerprint density at radius 2 is 1.60 bits per heavy atom. The maximum absolute atomic E-state index is 12.4. The molecular formula is C22H25N3O4S. The first-order valence-corrected chi connectivity index (χ1v) is 11.1.